The third-order valence-electron chi connectivity index (χ3n) is 2.57. The van der Waals surface area contributed by atoms with Crippen molar-refractivity contribution in [3.8, 4) is 0 Å². The zero-order valence-corrected chi connectivity index (χ0v) is 9.54. The minimum absolute atomic E-state index is 0.101. The maximum atomic E-state index is 11.4. The minimum Gasteiger partial charge on any atom is -0.481 e. The smallest absolute Gasteiger partial charge is 0.307 e. The van der Waals surface area contributed by atoms with Crippen LogP contribution < -0.4 is 5.32 Å². The van der Waals surface area contributed by atoms with Crippen molar-refractivity contribution in [3.63, 3.8) is 0 Å². The SMILES string of the molecule is CC(CNC(=O)C1CC1C(=O)O)S(C)=O. The Labute approximate surface area is 90.7 Å². The van der Waals surface area contributed by atoms with E-state index in [0.717, 1.165) is 0 Å². The summed E-state index contributed by atoms with van der Waals surface area (Å²) >= 11 is 0. The second-order valence-corrected chi connectivity index (χ2v) is 5.64. The van der Waals surface area contributed by atoms with E-state index >= 15 is 0 Å². The Morgan fingerprint density at radius 3 is 2.53 bits per heavy atom. The average Bonchev–Trinajstić information content (AvgIpc) is 2.92. The molecule has 1 aliphatic carbocycles. The molecule has 4 atom stereocenters. The highest BCUT2D eigenvalue weighted by molar-refractivity contribution is 7.84. The molecule has 0 aromatic rings. The molecule has 6 heteroatoms. The highest BCUT2D eigenvalue weighted by Crippen LogP contribution is 2.38. The molecule has 1 amide bonds. The Balaban J connectivity index is 2.27. The molecule has 0 bridgehead atoms. The van der Waals surface area contributed by atoms with E-state index in [4.69, 9.17) is 5.11 Å². The molecule has 0 radical (unpaired) electrons. The summed E-state index contributed by atoms with van der Waals surface area (Å²) in [6.45, 7) is 2.11. The first-order chi connectivity index (χ1) is 6.93. The highest BCUT2D eigenvalue weighted by atomic mass is 32.2. The van der Waals surface area contributed by atoms with E-state index in [-0.39, 0.29) is 17.1 Å². The molecule has 0 aromatic carbocycles. The number of nitrogens with one attached hydrogen (secondary N) is 1. The summed E-state index contributed by atoms with van der Waals surface area (Å²) in [7, 11) is -0.968. The van der Waals surface area contributed by atoms with Gasteiger partial charge in [-0.05, 0) is 13.3 Å². The Hall–Kier alpha value is -0.910. The van der Waals surface area contributed by atoms with Gasteiger partial charge in [-0.15, -0.1) is 0 Å². The van der Waals surface area contributed by atoms with Crippen LogP contribution >= 0.6 is 0 Å². The maximum Gasteiger partial charge on any atom is 0.307 e. The third-order valence-corrected chi connectivity index (χ3v) is 3.87. The molecule has 4 unspecified atom stereocenters. The molecule has 5 nitrogen and oxygen atoms in total. The van der Waals surface area contributed by atoms with Crippen LogP contribution in [0.1, 0.15) is 13.3 Å². The predicted octanol–water partition coefficient (Wildman–Crippen LogP) is -0.410. The number of carbonyl (C=O) groups is 2. The number of carboxylic acid groups (broad SMARTS) is 1. The van der Waals surface area contributed by atoms with Gasteiger partial charge in [0.1, 0.15) is 0 Å². The number of carbonyl (C=O) groups excluding carboxylic acids is 1. The van der Waals surface area contributed by atoms with E-state index in [2.05, 4.69) is 5.32 Å². The zero-order chi connectivity index (χ0) is 11.6. The van der Waals surface area contributed by atoms with Gasteiger partial charge in [-0.2, -0.15) is 0 Å². The Morgan fingerprint density at radius 1 is 1.53 bits per heavy atom. The minimum atomic E-state index is -0.968. The molecule has 1 fully saturated rings. The lowest BCUT2D eigenvalue weighted by atomic mass is 10.3. The van der Waals surface area contributed by atoms with Gasteiger partial charge in [0.25, 0.3) is 0 Å². The molecule has 0 heterocycles. The van der Waals surface area contributed by atoms with Gasteiger partial charge in [-0.1, -0.05) is 0 Å². The van der Waals surface area contributed by atoms with E-state index < -0.39 is 22.7 Å². The Kier molecular flexibility index (Phi) is 3.84. The van der Waals surface area contributed by atoms with Gasteiger partial charge in [-0.3, -0.25) is 13.8 Å². The molecule has 2 N–H and O–H groups in total. The van der Waals surface area contributed by atoms with Gasteiger partial charge >= 0.3 is 5.97 Å². The second kappa shape index (κ2) is 4.74. The molecule has 0 spiro atoms. The van der Waals surface area contributed by atoms with Crippen molar-refractivity contribution in [1.29, 1.82) is 0 Å². The van der Waals surface area contributed by atoms with Crippen LogP contribution in [0, 0.1) is 11.8 Å². The van der Waals surface area contributed by atoms with Crippen LogP contribution in [0.2, 0.25) is 0 Å². The third kappa shape index (κ3) is 3.30. The second-order valence-electron chi connectivity index (χ2n) is 3.84. The van der Waals surface area contributed by atoms with Crippen LogP contribution in [0.15, 0.2) is 0 Å². The van der Waals surface area contributed by atoms with Gasteiger partial charge in [0.2, 0.25) is 5.91 Å². The summed E-state index contributed by atoms with van der Waals surface area (Å²) < 4.78 is 11.0. The number of rotatable bonds is 5. The van der Waals surface area contributed by atoms with Gasteiger partial charge in [0.15, 0.2) is 0 Å². The van der Waals surface area contributed by atoms with Crippen molar-refractivity contribution in [2.24, 2.45) is 11.8 Å². The number of hydrogen-bond donors (Lipinski definition) is 2. The van der Waals surface area contributed by atoms with Gasteiger partial charge in [0.05, 0.1) is 11.8 Å². The molecular formula is C9H15NO4S. The van der Waals surface area contributed by atoms with E-state index in [9.17, 15) is 13.8 Å². The monoisotopic (exact) mass is 233 g/mol. The van der Waals surface area contributed by atoms with E-state index in [1.807, 2.05) is 0 Å². The molecule has 1 rings (SSSR count). The van der Waals surface area contributed by atoms with Crippen LogP contribution in [0.5, 0.6) is 0 Å². The molecule has 0 saturated heterocycles. The van der Waals surface area contributed by atoms with Crippen LogP contribution in [0.4, 0.5) is 0 Å². The molecule has 1 saturated carbocycles. The maximum absolute atomic E-state index is 11.4. The zero-order valence-electron chi connectivity index (χ0n) is 8.73. The van der Waals surface area contributed by atoms with Gasteiger partial charge in [0, 0.05) is 28.9 Å². The number of amides is 1. The van der Waals surface area contributed by atoms with Crippen LogP contribution in [0.3, 0.4) is 0 Å². The summed E-state index contributed by atoms with van der Waals surface area (Å²) in [6.07, 6.45) is 2.00. The molecule has 86 valence electrons. The Bertz CT molecular complexity index is 304. The Morgan fingerprint density at radius 2 is 2.13 bits per heavy atom. The lowest BCUT2D eigenvalue weighted by molar-refractivity contribution is -0.140. The fourth-order valence-electron chi connectivity index (χ4n) is 1.25. The average molecular weight is 233 g/mol. The van der Waals surface area contributed by atoms with E-state index in [0.29, 0.717) is 13.0 Å². The molecule has 1 aliphatic rings. The van der Waals surface area contributed by atoms with Crippen LogP contribution in [-0.4, -0.2) is 39.2 Å². The molecule has 0 aromatic heterocycles. The summed E-state index contributed by atoms with van der Waals surface area (Å²) in [5.41, 5.74) is 0. The highest BCUT2D eigenvalue weighted by Gasteiger charge is 2.48. The van der Waals surface area contributed by atoms with Crippen molar-refractivity contribution in [2.45, 2.75) is 18.6 Å². The fraction of sp³-hybridized carbons (Fsp3) is 0.778. The van der Waals surface area contributed by atoms with Crippen LogP contribution in [-0.2, 0) is 20.4 Å². The van der Waals surface area contributed by atoms with Gasteiger partial charge < -0.3 is 10.4 Å². The number of aliphatic carboxylic acids is 1. The quantitative estimate of drug-likeness (QED) is 0.676. The normalized spacial score (nSPS) is 27.9. The molecule has 15 heavy (non-hydrogen) atoms. The molecular weight excluding hydrogens is 218 g/mol. The van der Waals surface area contributed by atoms with Crippen molar-refractivity contribution < 1.29 is 18.9 Å². The predicted molar refractivity (Wildman–Crippen MR) is 55.8 cm³/mol. The number of carboxylic acids is 1. The summed E-state index contributed by atoms with van der Waals surface area (Å²) in [5.74, 6) is -2.06. The number of hydrogen-bond acceptors (Lipinski definition) is 3. The van der Waals surface area contributed by atoms with Crippen molar-refractivity contribution in [1.82, 2.24) is 5.32 Å². The lowest BCUT2D eigenvalue weighted by Gasteiger charge is -2.09. The molecule has 0 aliphatic heterocycles. The fourth-order valence-corrected chi connectivity index (χ4v) is 1.57. The first-order valence-electron chi connectivity index (χ1n) is 4.76. The first kappa shape index (κ1) is 12.2. The summed E-state index contributed by atoms with van der Waals surface area (Å²) in [4.78, 5) is 21.9. The van der Waals surface area contributed by atoms with Gasteiger partial charge in [-0.25, -0.2) is 0 Å². The van der Waals surface area contributed by atoms with Crippen molar-refractivity contribution in [3.05, 3.63) is 0 Å². The lowest BCUT2D eigenvalue weighted by Crippen LogP contribution is -2.34. The topological polar surface area (TPSA) is 83.5 Å². The van der Waals surface area contributed by atoms with E-state index in [1.165, 1.54) is 0 Å². The largest absolute Gasteiger partial charge is 0.481 e. The van der Waals surface area contributed by atoms with Crippen molar-refractivity contribution in [2.75, 3.05) is 12.8 Å². The first-order valence-corrected chi connectivity index (χ1v) is 6.38. The van der Waals surface area contributed by atoms with Crippen molar-refractivity contribution >= 4 is 22.7 Å². The van der Waals surface area contributed by atoms with E-state index in [1.54, 1.807) is 13.2 Å². The van der Waals surface area contributed by atoms with Crippen LogP contribution in [0.25, 0.3) is 0 Å². The summed E-state index contributed by atoms with van der Waals surface area (Å²) in [5, 5.41) is 11.1. The summed E-state index contributed by atoms with van der Waals surface area (Å²) in [6, 6.07) is 0. The standard InChI is InChI=1S/C9H15NO4S/c1-5(15(2)14)4-10-8(11)6-3-7(6)9(12)13/h5-7H,3-4H2,1-2H3,(H,10,11)(H,12,13).